The van der Waals surface area contributed by atoms with Crippen LogP contribution in [0.1, 0.15) is 24.2 Å². The molecule has 1 amide bonds. The topological polar surface area (TPSA) is 67.3 Å². The van der Waals surface area contributed by atoms with Crippen molar-refractivity contribution in [3.63, 3.8) is 0 Å². The molecule has 0 aliphatic carbocycles. The Labute approximate surface area is 172 Å². The third-order valence-corrected chi connectivity index (χ3v) is 5.68. The van der Waals surface area contributed by atoms with Crippen molar-refractivity contribution in [2.45, 2.75) is 25.3 Å². The maximum atomic E-state index is 13.9. The lowest BCUT2D eigenvalue weighted by atomic mass is 10.1. The molecular formula is C21H21FN4O2S. The Bertz CT molecular complexity index is 1010. The van der Waals surface area contributed by atoms with E-state index >= 15 is 0 Å². The monoisotopic (exact) mass is 412 g/mol. The summed E-state index contributed by atoms with van der Waals surface area (Å²) in [5.41, 5.74) is 1.25. The highest BCUT2D eigenvalue weighted by Gasteiger charge is 2.33. The standard InChI is InChI=1S/C21H21FN4O2S/c1-28-15-7-4-6-14(12-15)13-19-24-21(29-25-19)26-11-5-10-18(26)20(27)23-17-9-3-2-8-16(17)22/h2-4,6-9,12,18H,5,10-11,13H2,1H3,(H,23,27)/t18-/m0/s1. The molecule has 8 heteroatoms. The van der Waals surface area contributed by atoms with E-state index in [4.69, 9.17) is 4.74 Å². The molecule has 4 rings (SSSR count). The number of carbonyl (C=O) groups excluding carboxylic acids is 1. The molecule has 1 N–H and O–H groups in total. The molecule has 6 nitrogen and oxygen atoms in total. The minimum absolute atomic E-state index is 0.195. The lowest BCUT2D eigenvalue weighted by molar-refractivity contribution is -0.117. The Morgan fingerprint density at radius 1 is 1.31 bits per heavy atom. The number of ether oxygens (including phenoxy) is 1. The molecule has 1 aromatic heterocycles. The summed E-state index contributed by atoms with van der Waals surface area (Å²) in [6, 6.07) is 13.6. The summed E-state index contributed by atoms with van der Waals surface area (Å²) in [6.07, 6.45) is 2.17. The maximum Gasteiger partial charge on any atom is 0.247 e. The number of nitrogens with one attached hydrogen (secondary N) is 1. The van der Waals surface area contributed by atoms with E-state index < -0.39 is 5.82 Å². The predicted octanol–water partition coefficient (Wildman–Crippen LogP) is 3.88. The third kappa shape index (κ3) is 4.37. The number of benzene rings is 2. The lowest BCUT2D eigenvalue weighted by Crippen LogP contribution is -2.39. The maximum absolute atomic E-state index is 13.9. The van der Waals surface area contributed by atoms with Crippen LogP contribution in [0, 0.1) is 5.82 Å². The molecule has 1 atom stereocenters. The van der Waals surface area contributed by atoms with Crippen molar-refractivity contribution in [3.05, 3.63) is 65.7 Å². The van der Waals surface area contributed by atoms with Gasteiger partial charge in [-0.1, -0.05) is 24.3 Å². The Morgan fingerprint density at radius 2 is 2.17 bits per heavy atom. The van der Waals surface area contributed by atoms with Gasteiger partial charge >= 0.3 is 0 Å². The quantitative estimate of drug-likeness (QED) is 0.665. The van der Waals surface area contributed by atoms with E-state index in [-0.39, 0.29) is 17.6 Å². The number of methoxy groups -OCH3 is 1. The van der Waals surface area contributed by atoms with E-state index in [9.17, 15) is 9.18 Å². The Balaban J connectivity index is 1.46. The van der Waals surface area contributed by atoms with Crippen molar-refractivity contribution in [3.8, 4) is 5.75 Å². The average molecular weight is 412 g/mol. The number of halogens is 1. The van der Waals surface area contributed by atoms with Crippen LogP contribution in [-0.4, -0.2) is 35.0 Å². The van der Waals surface area contributed by atoms with E-state index in [1.54, 1.807) is 25.3 Å². The Hall–Kier alpha value is -3.00. The van der Waals surface area contributed by atoms with Gasteiger partial charge < -0.3 is 15.0 Å². The van der Waals surface area contributed by atoms with Crippen LogP contribution in [0.5, 0.6) is 5.75 Å². The number of nitrogens with zero attached hydrogens (tertiary/aromatic N) is 3. The number of amides is 1. The van der Waals surface area contributed by atoms with Gasteiger partial charge in [-0.15, -0.1) is 0 Å². The number of hydrogen-bond acceptors (Lipinski definition) is 6. The predicted molar refractivity (Wildman–Crippen MR) is 111 cm³/mol. The largest absolute Gasteiger partial charge is 0.497 e. The van der Waals surface area contributed by atoms with Gasteiger partial charge in [-0.05, 0) is 42.7 Å². The number of para-hydroxylation sites is 1. The molecule has 2 aromatic carbocycles. The lowest BCUT2D eigenvalue weighted by Gasteiger charge is -2.22. The van der Waals surface area contributed by atoms with Gasteiger partial charge in [0.1, 0.15) is 23.4 Å². The van der Waals surface area contributed by atoms with Crippen molar-refractivity contribution in [2.75, 3.05) is 23.9 Å². The Morgan fingerprint density at radius 3 is 3.00 bits per heavy atom. The molecule has 2 heterocycles. The zero-order valence-corrected chi connectivity index (χ0v) is 16.8. The van der Waals surface area contributed by atoms with E-state index in [0.717, 1.165) is 24.3 Å². The second-order valence-corrected chi connectivity index (χ2v) is 7.57. The molecule has 1 aliphatic heterocycles. The fraction of sp³-hybridized carbons (Fsp3) is 0.286. The molecule has 0 radical (unpaired) electrons. The minimum atomic E-state index is -0.443. The van der Waals surface area contributed by atoms with Gasteiger partial charge in [-0.25, -0.2) is 9.37 Å². The molecule has 1 fully saturated rings. The van der Waals surface area contributed by atoms with Crippen molar-refractivity contribution in [1.82, 2.24) is 9.36 Å². The van der Waals surface area contributed by atoms with E-state index in [1.165, 1.54) is 17.6 Å². The zero-order valence-electron chi connectivity index (χ0n) is 16.0. The molecule has 0 saturated carbocycles. The molecule has 0 bridgehead atoms. The molecule has 1 saturated heterocycles. The highest BCUT2D eigenvalue weighted by Crippen LogP contribution is 2.29. The summed E-state index contributed by atoms with van der Waals surface area (Å²) in [4.78, 5) is 19.3. The number of aromatic nitrogens is 2. The van der Waals surface area contributed by atoms with Crippen LogP contribution >= 0.6 is 11.5 Å². The molecular weight excluding hydrogens is 391 g/mol. The smallest absolute Gasteiger partial charge is 0.247 e. The van der Waals surface area contributed by atoms with Gasteiger partial charge in [-0.3, -0.25) is 4.79 Å². The van der Waals surface area contributed by atoms with Crippen LogP contribution < -0.4 is 15.0 Å². The van der Waals surface area contributed by atoms with Crippen LogP contribution in [0.25, 0.3) is 0 Å². The Kier molecular flexibility index (Phi) is 5.71. The first-order valence-electron chi connectivity index (χ1n) is 9.41. The first-order chi connectivity index (χ1) is 14.1. The van der Waals surface area contributed by atoms with Gasteiger partial charge in [-0.2, -0.15) is 4.37 Å². The van der Waals surface area contributed by atoms with Crippen molar-refractivity contribution < 1.29 is 13.9 Å². The molecule has 0 unspecified atom stereocenters. The fourth-order valence-corrected chi connectivity index (χ4v) is 4.21. The van der Waals surface area contributed by atoms with E-state index in [0.29, 0.717) is 23.8 Å². The number of carbonyl (C=O) groups is 1. The van der Waals surface area contributed by atoms with Gasteiger partial charge in [0.25, 0.3) is 0 Å². The molecule has 150 valence electrons. The molecule has 29 heavy (non-hydrogen) atoms. The van der Waals surface area contributed by atoms with Crippen LogP contribution in [0.15, 0.2) is 48.5 Å². The summed E-state index contributed by atoms with van der Waals surface area (Å²) in [5, 5.41) is 3.41. The summed E-state index contributed by atoms with van der Waals surface area (Å²) in [7, 11) is 1.64. The normalized spacial score (nSPS) is 16.1. The highest BCUT2D eigenvalue weighted by molar-refractivity contribution is 7.09. The summed E-state index contributed by atoms with van der Waals surface area (Å²) < 4.78 is 23.6. The molecule has 3 aromatic rings. The third-order valence-electron chi connectivity index (χ3n) is 4.89. The van der Waals surface area contributed by atoms with E-state index in [2.05, 4.69) is 14.7 Å². The van der Waals surface area contributed by atoms with Gasteiger partial charge in [0, 0.05) is 24.5 Å². The van der Waals surface area contributed by atoms with Crippen molar-refractivity contribution in [2.24, 2.45) is 0 Å². The SMILES string of the molecule is COc1cccc(Cc2nsc(N3CCC[C@H]3C(=O)Nc3ccccc3F)n2)c1. The molecule has 1 aliphatic rings. The summed E-state index contributed by atoms with van der Waals surface area (Å²) in [6.45, 7) is 0.725. The second kappa shape index (κ2) is 8.57. The number of anilines is 2. The number of rotatable bonds is 6. The van der Waals surface area contributed by atoms with Crippen molar-refractivity contribution in [1.29, 1.82) is 0 Å². The fourth-order valence-electron chi connectivity index (χ4n) is 3.45. The van der Waals surface area contributed by atoms with Crippen LogP contribution in [0.3, 0.4) is 0 Å². The van der Waals surface area contributed by atoms with Crippen LogP contribution in [-0.2, 0) is 11.2 Å². The van der Waals surface area contributed by atoms with Gasteiger partial charge in [0.2, 0.25) is 11.0 Å². The minimum Gasteiger partial charge on any atom is -0.497 e. The summed E-state index contributed by atoms with van der Waals surface area (Å²) in [5.74, 6) is 0.833. The van der Waals surface area contributed by atoms with Gasteiger partial charge in [0.15, 0.2) is 0 Å². The zero-order chi connectivity index (χ0) is 20.2. The molecule has 0 spiro atoms. The number of hydrogen-bond donors (Lipinski definition) is 1. The van der Waals surface area contributed by atoms with E-state index in [1.807, 2.05) is 29.2 Å². The highest BCUT2D eigenvalue weighted by atomic mass is 32.1. The first kappa shape index (κ1) is 19.3. The van der Waals surface area contributed by atoms with Crippen LogP contribution in [0.2, 0.25) is 0 Å². The van der Waals surface area contributed by atoms with Crippen molar-refractivity contribution >= 4 is 28.3 Å². The first-order valence-corrected chi connectivity index (χ1v) is 10.2. The van der Waals surface area contributed by atoms with Gasteiger partial charge in [0.05, 0.1) is 12.8 Å². The van der Waals surface area contributed by atoms with Crippen LogP contribution in [0.4, 0.5) is 15.2 Å². The average Bonchev–Trinajstić information content (AvgIpc) is 3.39. The second-order valence-electron chi connectivity index (χ2n) is 6.84. The summed E-state index contributed by atoms with van der Waals surface area (Å²) >= 11 is 1.29.